The van der Waals surface area contributed by atoms with Gasteiger partial charge in [0.25, 0.3) is 17.3 Å². The number of carbonyl (C=O) groups is 1. The molecule has 0 radical (unpaired) electrons. The zero-order valence-electron chi connectivity index (χ0n) is 17.6. The van der Waals surface area contributed by atoms with Gasteiger partial charge in [0.1, 0.15) is 10.5 Å². The molecule has 4 aromatic rings. The van der Waals surface area contributed by atoms with E-state index in [0.29, 0.717) is 22.7 Å². The first-order valence-electron chi connectivity index (χ1n) is 9.63. The average molecular weight is 452 g/mol. The lowest BCUT2D eigenvalue weighted by Crippen LogP contribution is -2.33. The second-order valence-corrected chi connectivity index (χ2v) is 8.03. The Morgan fingerprint density at radius 2 is 1.88 bits per heavy atom. The molecule has 0 fully saturated rings. The molecule has 9 nitrogen and oxygen atoms in total. The summed E-state index contributed by atoms with van der Waals surface area (Å²) in [5.74, 6) is 0.251. The molecular weight excluding hydrogens is 432 g/mol. The number of H-pyrrole nitrogens is 1. The minimum Gasteiger partial charge on any atom is -0.491 e. The topological polar surface area (TPSA) is 115 Å². The van der Waals surface area contributed by atoms with Crippen molar-refractivity contribution in [1.29, 1.82) is 0 Å². The number of nitrogens with one attached hydrogen (secondary N) is 2. The molecule has 0 spiro atoms. The van der Waals surface area contributed by atoms with Gasteiger partial charge in [0.05, 0.1) is 24.6 Å². The smallest absolute Gasteiger partial charge is 0.334 e. The fourth-order valence-corrected chi connectivity index (χ4v) is 4.11. The van der Waals surface area contributed by atoms with E-state index in [1.54, 1.807) is 6.07 Å². The van der Waals surface area contributed by atoms with Crippen LogP contribution in [0.1, 0.15) is 20.8 Å². The van der Waals surface area contributed by atoms with Crippen LogP contribution in [0, 0.1) is 6.92 Å². The molecule has 2 N–H and O–H groups in total. The van der Waals surface area contributed by atoms with Gasteiger partial charge in [0, 0.05) is 6.54 Å². The minimum atomic E-state index is -0.674. The van der Waals surface area contributed by atoms with Crippen LogP contribution in [0.5, 0.6) is 11.6 Å². The van der Waals surface area contributed by atoms with E-state index in [2.05, 4.69) is 15.3 Å². The number of hydrogen-bond donors (Lipinski definition) is 2. The summed E-state index contributed by atoms with van der Waals surface area (Å²) in [5, 5.41) is 2.83. The molecule has 3 heterocycles. The van der Waals surface area contributed by atoms with Gasteiger partial charge in [-0.05, 0) is 30.7 Å². The minimum absolute atomic E-state index is 0.0783. The van der Waals surface area contributed by atoms with E-state index >= 15 is 0 Å². The van der Waals surface area contributed by atoms with Crippen LogP contribution < -0.4 is 26.0 Å². The molecule has 3 aromatic heterocycles. The lowest BCUT2D eigenvalue weighted by atomic mass is 10.1. The third-order valence-electron chi connectivity index (χ3n) is 4.82. The number of benzene rings is 1. The van der Waals surface area contributed by atoms with E-state index < -0.39 is 11.2 Å². The Labute approximate surface area is 186 Å². The molecular formula is C22H20N4O5S. The summed E-state index contributed by atoms with van der Waals surface area (Å²) >= 11 is 1.01. The summed E-state index contributed by atoms with van der Waals surface area (Å²) in [4.78, 5) is 45.5. The zero-order chi connectivity index (χ0) is 22.8. The predicted molar refractivity (Wildman–Crippen MR) is 121 cm³/mol. The Morgan fingerprint density at radius 3 is 2.56 bits per heavy atom. The number of amides is 1. The van der Waals surface area contributed by atoms with Gasteiger partial charge in [0.15, 0.2) is 5.75 Å². The third-order valence-corrected chi connectivity index (χ3v) is 5.95. The van der Waals surface area contributed by atoms with E-state index in [4.69, 9.17) is 9.47 Å². The number of aromatic amines is 1. The number of aryl methyl sites for hydroxylation is 1. The fourth-order valence-electron chi connectivity index (χ4n) is 3.15. The van der Waals surface area contributed by atoms with Crippen molar-refractivity contribution in [2.45, 2.75) is 13.5 Å². The van der Waals surface area contributed by atoms with Crippen LogP contribution in [0.4, 0.5) is 0 Å². The molecule has 32 heavy (non-hydrogen) atoms. The van der Waals surface area contributed by atoms with Crippen molar-refractivity contribution in [3.63, 3.8) is 0 Å². The number of nitrogens with zero attached hydrogens (tertiary/aromatic N) is 2. The van der Waals surface area contributed by atoms with Gasteiger partial charge in [-0.3, -0.25) is 9.59 Å². The number of ether oxygens (including phenoxy) is 2. The Kier molecular flexibility index (Phi) is 5.78. The molecule has 0 aliphatic carbocycles. The maximum Gasteiger partial charge on any atom is 0.334 e. The number of methoxy groups -OCH3 is 2. The van der Waals surface area contributed by atoms with Crippen molar-refractivity contribution < 1.29 is 14.3 Å². The van der Waals surface area contributed by atoms with Crippen LogP contribution in [0.15, 0.2) is 52.1 Å². The monoisotopic (exact) mass is 452 g/mol. The molecule has 1 amide bonds. The Morgan fingerprint density at radius 1 is 1.12 bits per heavy atom. The van der Waals surface area contributed by atoms with E-state index in [1.165, 1.54) is 26.4 Å². The van der Waals surface area contributed by atoms with Gasteiger partial charge in [-0.25, -0.2) is 9.36 Å². The highest BCUT2D eigenvalue weighted by Crippen LogP contribution is 2.25. The molecule has 1 aromatic carbocycles. The summed E-state index contributed by atoms with van der Waals surface area (Å²) in [6.45, 7) is 2.34. The van der Waals surface area contributed by atoms with Gasteiger partial charge in [-0.1, -0.05) is 29.8 Å². The lowest BCUT2D eigenvalue weighted by molar-refractivity contribution is 0.0955. The Bertz CT molecular complexity index is 1420. The molecule has 0 aliphatic heterocycles. The number of pyridine rings is 1. The highest BCUT2D eigenvalue weighted by atomic mass is 32.1. The molecule has 0 aliphatic rings. The Hall–Kier alpha value is -3.92. The first-order chi connectivity index (χ1) is 15.4. The van der Waals surface area contributed by atoms with Gasteiger partial charge < -0.3 is 19.8 Å². The van der Waals surface area contributed by atoms with E-state index in [9.17, 15) is 14.4 Å². The molecule has 164 valence electrons. The maximum absolute atomic E-state index is 13.1. The highest BCUT2D eigenvalue weighted by molar-refractivity contribution is 7.20. The van der Waals surface area contributed by atoms with Crippen molar-refractivity contribution >= 4 is 27.5 Å². The zero-order valence-corrected chi connectivity index (χ0v) is 18.4. The number of rotatable bonds is 6. The second-order valence-electron chi connectivity index (χ2n) is 6.97. The first kappa shape index (κ1) is 21.3. The van der Waals surface area contributed by atoms with Crippen LogP contribution in [-0.4, -0.2) is 34.7 Å². The van der Waals surface area contributed by atoms with Crippen LogP contribution in [0.3, 0.4) is 0 Å². The average Bonchev–Trinajstić information content (AvgIpc) is 3.22. The standard InChI is InChI=1S/C22H20N4O5S/c1-12-4-6-13(7-5-12)11-23-19(27)16-10-14-18(32-16)21(28)26(22(29)24-14)17-9-8-15(30-2)20(25-17)31-3/h4-10H,11H2,1-3H3,(H,23,27)(H,24,29). The number of aromatic nitrogens is 3. The fraction of sp³-hybridized carbons (Fsp3) is 0.182. The summed E-state index contributed by atoms with van der Waals surface area (Å²) in [6, 6.07) is 12.3. The number of thiophene rings is 1. The van der Waals surface area contributed by atoms with Crippen molar-refractivity contribution in [2.75, 3.05) is 14.2 Å². The molecule has 0 atom stereocenters. The SMILES string of the molecule is COc1ccc(-n2c(=O)[nH]c3cc(C(=O)NCc4ccc(C)cc4)sc3c2=O)nc1OC. The van der Waals surface area contributed by atoms with Crippen LogP contribution >= 0.6 is 11.3 Å². The van der Waals surface area contributed by atoms with E-state index in [0.717, 1.165) is 27.0 Å². The summed E-state index contributed by atoms with van der Waals surface area (Å²) in [6.07, 6.45) is 0. The van der Waals surface area contributed by atoms with Crippen molar-refractivity contribution in [2.24, 2.45) is 0 Å². The second kappa shape index (κ2) is 8.67. The number of carbonyl (C=O) groups excluding carboxylic acids is 1. The molecule has 0 saturated heterocycles. The Balaban J connectivity index is 1.67. The van der Waals surface area contributed by atoms with Crippen molar-refractivity contribution in [1.82, 2.24) is 19.9 Å². The van der Waals surface area contributed by atoms with Crippen LogP contribution in [0.2, 0.25) is 0 Å². The van der Waals surface area contributed by atoms with Gasteiger partial charge in [-0.2, -0.15) is 4.98 Å². The molecule has 0 unspecified atom stereocenters. The molecule has 0 saturated carbocycles. The predicted octanol–water partition coefficient (Wildman–Crippen LogP) is 2.39. The van der Waals surface area contributed by atoms with E-state index in [1.807, 2.05) is 31.2 Å². The quantitative estimate of drug-likeness (QED) is 0.464. The number of hydrogen-bond acceptors (Lipinski definition) is 7. The summed E-state index contributed by atoms with van der Waals surface area (Å²) in [7, 11) is 2.87. The van der Waals surface area contributed by atoms with Gasteiger partial charge in [0.2, 0.25) is 0 Å². The highest BCUT2D eigenvalue weighted by Gasteiger charge is 2.18. The lowest BCUT2D eigenvalue weighted by Gasteiger charge is -2.09. The van der Waals surface area contributed by atoms with Crippen LogP contribution in [0.25, 0.3) is 16.0 Å². The van der Waals surface area contributed by atoms with Crippen molar-refractivity contribution in [3.8, 4) is 17.4 Å². The first-order valence-corrected chi connectivity index (χ1v) is 10.4. The largest absolute Gasteiger partial charge is 0.491 e. The molecule has 4 rings (SSSR count). The van der Waals surface area contributed by atoms with Gasteiger partial charge >= 0.3 is 5.69 Å². The summed E-state index contributed by atoms with van der Waals surface area (Å²) in [5.41, 5.74) is 1.13. The number of fused-ring (bicyclic) bond motifs is 1. The summed E-state index contributed by atoms with van der Waals surface area (Å²) < 4.78 is 11.4. The molecule has 0 bridgehead atoms. The molecule has 10 heteroatoms. The third kappa shape index (κ3) is 4.00. The van der Waals surface area contributed by atoms with E-state index in [-0.39, 0.29) is 22.3 Å². The normalized spacial score (nSPS) is 10.8. The maximum atomic E-state index is 13.1. The van der Waals surface area contributed by atoms with Gasteiger partial charge in [-0.15, -0.1) is 11.3 Å². The van der Waals surface area contributed by atoms with Crippen LogP contribution in [-0.2, 0) is 6.54 Å². The van der Waals surface area contributed by atoms with Crippen molar-refractivity contribution in [3.05, 3.63) is 79.3 Å².